The summed E-state index contributed by atoms with van der Waals surface area (Å²) in [6.45, 7) is 4.63. The molecule has 1 atom stereocenters. The van der Waals surface area contributed by atoms with Crippen LogP contribution in [0.3, 0.4) is 0 Å². The number of aliphatic hydroxyl groups excluding tert-OH is 1. The van der Waals surface area contributed by atoms with E-state index < -0.39 is 5.54 Å². The van der Waals surface area contributed by atoms with Crippen LogP contribution in [0.2, 0.25) is 0 Å². The minimum Gasteiger partial charge on any atom is -0.394 e. The first kappa shape index (κ1) is 11.5. The van der Waals surface area contributed by atoms with Gasteiger partial charge in [-0.25, -0.2) is 0 Å². The molecule has 4 heteroatoms. The lowest BCUT2D eigenvalue weighted by Crippen LogP contribution is -2.53. The predicted molar refractivity (Wildman–Crippen MR) is 55.0 cm³/mol. The average molecular weight is 200 g/mol. The van der Waals surface area contributed by atoms with Crippen LogP contribution in [-0.2, 0) is 4.79 Å². The highest BCUT2D eigenvalue weighted by Crippen LogP contribution is 2.15. The van der Waals surface area contributed by atoms with Crippen LogP contribution in [0.25, 0.3) is 0 Å². The second kappa shape index (κ2) is 4.28. The number of hydrogen-bond donors (Lipinski definition) is 2. The molecular weight excluding hydrogens is 180 g/mol. The van der Waals surface area contributed by atoms with Crippen molar-refractivity contribution in [3.63, 3.8) is 0 Å². The second-order valence-corrected chi connectivity index (χ2v) is 4.52. The molecule has 1 fully saturated rings. The molecule has 82 valence electrons. The topological polar surface area (TPSA) is 52.6 Å². The number of amides is 1. The van der Waals surface area contributed by atoms with Gasteiger partial charge in [0.25, 0.3) is 0 Å². The maximum atomic E-state index is 11.9. The Hall–Kier alpha value is -0.610. The highest BCUT2D eigenvalue weighted by Gasteiger charge is 2.32. The Morgan fingerprint density at radius 3 is 2.71 bits per heavy atom. The molecule has 0 aromatic heterocycles. The van der Waals surface area contributed by atoms with E-state index in [1.807, 2.05) is 13.8 Å². The standard InChI is InChI=1S/C10H20N2O2/c1-10(2,7-13)12(3)9(14)8-5-4-6-11-8/h8,11,13H,4-7H2,1-3H3/t8-/m1/s1. The van der Waals surface area contributed by atoms with Gasteiger partial charge in [-0.05, 0) is 33.2 Å². The Morgan fingerprint density at radius 1 is 1.64 bits per heavy atom. The third-order valence-corrected chi connectivity index (χ3v) is 2.98. The third kappa shape index (κ3) is 2.25. The normalized spacial score (nSPS) is 22.4. The molecule has 1 rings (SSSR count). The number of rotatable bonds is 3. The van der Waals surface area contributed by atoms with Crippen LogP contribution >= 0.6 is 0 Å². The first-order chi connectivity index (χ1) is 6.49. The summed E-state index contributed by atoms with van der Waals surface area (Å²) in [4.78, 5) is 13.5. The summed E-state index contributed by atoms with van der Waals surface area (Å²) in [7, 11) is 1.75. The van der Waals surface area contributed by atoms with Gasteiger partial charge < -0.3 is 15.3 Å². The van der Waals surface area contributed by atoms with Crippen LogP contribution in [0, 0.1) is 0 Å². The van der Waals surface area contributed by atoms with E-state index >= 15 is 0 Å². The van der Waals surface area contributed by atoms with Crippen LogP contribution in [0.5, 0.6) is 0 Å². The van der Waals surface area contributed by atoms with Gasteiger partial charge in [0.05, 0.1) is 18.2 Å². The van der Waals surface area contributed by atoms with Gasteiger partial charge in [0, 0.05) is 7.05 Å². The fraction of sp³-hybridized carbons (Fsp3) is 0.900. The summed E-state index contributed by atoms with van der Waals surface area (Å²) >= 11 is 0. The molecule has 0 radical (unpaired) electrons. The largest absolute Gasteiger partial charge is 0.394 e. The van der Waals surface area contributed by atoms with Crippen molar-refractivity contribution < 1.29 is 9.90 Å². The molecule has 1 aliphatic rings. The van der Waals surface area contributed by atoms with Crippen LogP contribution in [0.4, 0.5) is 0 Å². The minimum atomic E-state index is -0.471. The lowest BCUT2D eigenvalue weighted by Gasteiger charge is -2.35. The molecule has 1 saturated heterocycles. The zero-order valence-corrected chi connectivity index (χ0v) is 9.21. The SMILES string of the molecule is CN(C(=O)[C@H]1CCCN1)C(C)(C)CO. The van der Waals surface area contributed by atoms with Crippen molar-refractivity contribution in [2.45, 2.75) is 38.3 Å². The van der Waals surface area contributed by atoms with Crippen LogP contribution in [0.1, 0.15) is 26.7 Å². The first-order valence-electron chi connectivity index (χ1n) is 5.11. The zero-order chi connectivity index (χ0) is 10.8. The number of aliphatic hydroxyl groups is 1. The monoisotopic (exact) mass is 200 g/mol. The van der Waals surface area contributed by atoms with Crippen molar-refractivity contribution in [2.75, 3.05) is 20.2 Å². The van der Waals surface area contributed by atoms with Gasteiger partial charge in [-0.1, -0.05) is 0 Å². The number of carbonyl (C=O) groups is 1. The maximum absolute atomic E-state index is 11.9. The lowest BCUT2D eigenvalue weighted by atomic mass is 10.0. The van der Waals surface area contributed by atoms with E-state index in [9.17, 15) is 4.79 Å². The van der Waals surface area contributed by atoms with Gasteiger partial charge in [0.15, 0.2) is 0 Å². The molecule has 0 saturated carbocycles. The van der Waals surface area contributed by atoms with Gasteiger partial charge in [-0.15, -0.1) is 0 Å². The summed E-state index contributed by atoms with van der Waals surface area (Å²) in [6, 6.07) is -0.0502. The Labute approximate surface area is 85.3 Å². The van der Waals surface area contributed by atoms with Crippen LogP contribution < -0.4 is 5.32 Å². The summed E-state index contributed by atoms with van der Waals surface area (Å²) < 4.78 is 0. The molecule has 4 nitrogen and oxygen atoms in total. The lowest BCUT2D eigenvalue weighted by molar-refractivity contribution is -0.137. The highest BCUT2D eigenvalue weighted by atomic mass is 16.3. The number of nitrogens with one attached hydrogen (secondary N) is 1. The second-order valence-electron chi connectivity index (χ2n) is 4.52. The fourth-order valence-corrected chi connectivity index (χ4v) is 1.53. The summed E-state index contributed by atoms with van der Waals surface area (Å²) in [5.74, 6) is 0.0848. The quantitative estimate of drug-likeness (QED) is 0.672. The third-order valence-electron chi connectivity index (χ3n) is 2.98. The molecule has 0 spiro atoms. The molecule has 0 aliphatic carbocycles. The van der Waals surface area contributed by atoms with Crippen molar-refractivity contribution in [1.82, 2.24) is 10.2 Å². The van der Waals surface area contributed by atoms with Crippen molar-refractivity contribution in [1.29, 1.82) is 0 Å². The van der Waals surface area contributed by atoms with E-state index in [1.54, 1.807) is 11.9 Å². The molecule has 14 heavy (non-hydrogen) atoms. The van der Waals surface area contributed by atoms with Crippen molar-refractivity contribution in [3.05, 3.63) is 0 Å². The summed E-state index contributed by atoms with van der Waals surface area (Å²) in [6.07, 6.45) is 1.97. The Bertz CT molecular complexity index is 210. The molecule has 1 aliphatic heterocycles. The van der Waals surface area contributed by atoms with Crippen LogP contribution in [0.15, 0.2) is 0 Å². The van der Waals surface area contributed by atoms with E-state index in [0.717, 1.165) is 19.4 Å². The van der Waals surface area contributed by atoms with Gasteiger partial charge in [-0.2, -0.15) is 0 Å². The number of hydrogen-bond acceptors (Lipinski definition) is 3. The molecule has 0 aromatic carbocycles. The highest BCUT2D eigenvalue weighted by molar-refractivity contribution is 5.82. The van der Waals surface area contributed by atoms with Crippen molar-refractivity contribution >= 4 is 5.91 Å². The first-order valence-corrected chi connectivity index (χ1v) is 5.11. The zero-order valence-electron chi connectivity index (χ0n) is 9.21. The molecule has 0 aromatic rings. The number of nitrogens with zero attached hydrogens (tertiary/aromatic N) is 1. The average Bonchev–Trinajstić information content (AvgIpc) is 2.68. The van der Waals surface area contributed by atoms with E-state index in [2.05, 4.69) is 5.32 Å². The predicted octanol–water partition coefficient (Wildman–Crippen LogP) is -0.0323. The van der Waals surface area contributed by atoms with Gasteiger partial charge >= 0.3 is 0 Å². The minimum absolute atomic E-state index is 0.0119. The summed E-state index contributed by atoms with van der Waals surface area (Å²) in [5, 5.41) is 12.3. The molecule has 1 amide bonds. The van der Waals surface area contributed by atoms with Crippen molar-refractivity contribution in [3.8, 4) is 0 Å². The molecule has 2 N–H and O–H groups in total. The molecule has 0 bridgehead atoms. The van der Waals surface area contributed by atoms with E-state index in [-0.39, 0.29) is 18.6 Å². The van der Waals surface area contributed by atoms with Crippen LogP contribution in [-0.4, -0.2) is 47.7 Å². The van der Waals surface area contributed by atoms with E-state index in [4.69, 9.17) is 5.11 Å². The fourth-order valence-electron chi connectivity index (χ4n) is 1.53. The maximum Gasteiger partial charge on any atom is 0.239 e. The van der Waals surface area contributed by atoms with Gasteiger partial charge in [0.1, 0.15) is 0 Å². The van der Waals surface area contributed by atoms with Gasteiger partial charge in [-0.3, -0.25) is 4.79 Å². The number of carbonyl (C=O) groups excluding carboxylic acids is 1. The Balaban J connectivity index is 2.59. The smallest absolute Gasteiger partial charge is 0.239 e. The molecular formula is C10H20N2O2. The Morgan fingerprint density at radius 2 is 2.29 bits per heavy atom. The Kier molecular flexibility index (Phi) is 3.50. The molecule has 0 unspecified atom stereocenters. The van der Waals surface area contributed by atoms with E-state index in [1.165, 1.54) is 0 Å². The van der Waals surface area contributed by atoms with Gasteiger partial charge in [0.2, 0.25) is 5.91 Å². The number of likely N-dealkylation sites (N-methyl/N-ethyl adjacent to an activating group) is 1. The van der Waals surface area contributed by atoms with Crippen molar-refractivity contribution in [2.24, 2.45) is 0 Å². The molecule has 1 heterocycles. The summed E-state index contributed by atoms with van der Waals surface area (Å²) in [5.41, 5.74) is -0.471. The van der Waals surface area contributed by atoms with E-state index in [0.29, 0.717) is 0 Å².